The molecule has 0 aliphatic heterocycles. The van der Waals surface area contributed by atoms with Crippen molar-refractivity contribution < 1.29 is 4.79 Å². The van der Waals surface area contributed by atoms with Gasteiger partial charge >= 0.3 is 0 Å². The lowest BCUT2D eigenvalue weighted by Gasteiger charge is -2.24. The zero-order valence-corrected chi connectivity index (χ0v) is 19.8. The third-order valence-electron chi connectivity index (χ3n) is 5.46. The summed E-state index contributed by atoms with van der Waals surface area (Å²) in [4.78, 5) is 13.1. The number of carbonyl (C=O) groups is 1. The molecule has 0 aliphatic rings. The minimum absolute atomic E-state index is 0.0261. The maximum Gasteiger partial charge on any atom is 0.147 e. The van der Waals surface area contributed by atoms with Crippen LogP contribution in [0.15, 0.2) is 36.4 Å². The lowest BCUT2D eigenvalue weighted by Crippen LogP contribution is -2.18. The third kappa shape index (κ3) is 4.99. The molecule has 2 aromatic rings. The highest BCUT2D eigenvalue weighted by molar-refractivity contribution is 6.32. The quantitative estimate of drug-likeness (QED) is 0.490. The van der Waals surface area contributed by atoms with Crippen molar-refractivity contribution in [3.05, 3.63) is 68.7 Å². The molecule has 3 heteroatoms. The van der Waals surface area contributed by atoms with Crippen LogP contribution in [-0.4, -0.2) is 5.78 Å². The zero-order valence-electron chi connectivity index (χ0n) is 18.3. The monoisotopic (exact) mass is 418 g/mol. The van der Waals surface area contributed by atoms with Crippen LogP contribution in [0.4, 0.5) is 0 Å². The van der Waals surface area contributed by atoms with Crippen LogP contribution in [0.3, 0.4) is 0 Å². The fraction of sp³-hybridized carbons (Fsp3) is 0.480. The summed E-state index contributed by atoms with van der Waals surface area (Å²) in [7, 11) is 0. The van der Waals surface area contributed by atoms with Gasteiger partial charge in [0.25, 0.3) is 0 Å². The van der Waals surface area contributed by atoms with Gasteiger partial charge in [0.15, 0.2) is 0 Å². The van der Waals surface area contributed by atoms with E-state index in [1.807, 2.05) is 50.2 Å². The van der Waals surface area contributed by atoms with Crippen molar-refractivity contribution in [3.8, 4) is 0 Å². The van der Waals surface area contributed by atoms with Gasteiger partial charge in [-0.25, -0.2) is 0 Å². The van der Waals surface area contributed by atoms with E-state index in [0.29, 0.717) is 0 Å². The number of Topliss-reactive ketones (excluding diaryl/α,β-unsaturated/α-hetero) is 1. The Balaban J connectivity index is 2.28. The topological polar surface area (TPSA) is 17.1 Å². The maximum absolute atomic E-state index is 13.1. The van der Waals surface area contributed by atoms with E-state index < -0.39 is 0 Å². The second kappa shape index (κ2) is 8.20. The Morgan fingerprint density at radius 2 is 1.04 bits per heavy atom. The van der Waals surface area contributed by atoms with E-state index in [0.717, 1.165) is 32.3 Å². The summed E-state index contributed by atoms with van der Waals surface area (Å²) in [5.41, 5.74) is 4.04. The van der Waals surface area contributed by atoms with E-state index in [9.17, 15) is 4.79 Å². The molecule has 0 N–H and O–H groups in total. The molecule has 152 valence electrons. The summed E-state index contributed by atoms with van der Waals surface area (Å²) < 4.78 is 0. The van der Waals surface area contributed by atoms with Crippen LogP contribution >= 0.6 is 23.2 Å². The summed E-state index contributed by atoms with van der Waals surface area (Å²) in [5.74, 6) is -0.302. The molecule has 2 aromatic carbocycles. The molecule has 0 saturated carbocycles. The third-order valence-corrected chi connectivity index (χ3v) is 6.08. The second-order valence-corrected chi connectivity index (χ2v) is 10.6. The average molecular weight is 419 g/mol. The van der Waals surface area contributed by atoms with Crippen LogP contribution in [0.25, 0.3) is 0 Å². The first kappa shape index (κ1) is 23.0. The number of halogens is 2. The van der Waals surface area contributed by atoms with Gasteiger partial charge in [-0.3, -0.25) is 4.79 Å². The molecule has 2 atom stereocenters. The van der Waals surface area contributed by atoms with E-state index in [2.05, 4.69) is 41.5 Å². The first-order valence-corrected chi connectivity index (χ1v) is 10.6. The average Bonchev–Trinajstić information content (AvgIpc) is 2.57. The van der Waals surface area contributed by atoms with Crippen LogP contribution < -0.4 is 0 Å². The Bertz CT molecular complexity index is 798. The highest BCUT2D eigenvalue weighted by Gasteiger charge is 2.26. The van der Waals surface area contributed by atoms with Crippen LogP contribution in [0.1, 0.15) is 89.5 Å². The van der Waals surface area contributed by atoms with Gasteiger partial charge in [-0.1, -0.05) is 103 Å². The van der Waals surface area contributed by atoms with Crippen molar-refractivity contribution in [2.45, 2.75) is 78.1 Å². The molecular formula is C25H32Cl2O. The number of hydrogen-bond acceptors (Lipinski definition) is 1. The van der Waals surface area contributed by atoms with Crippen LogP contribution in [0.5, 0.6) is 0 Å². The van der Waals surface area contributed by atoms with Gasteiger partial charge in [-0.2, -0.15) is 0 Å². The van der Waals surface area contributed by atoms with Gasteiger partial charge < -0.3 is 0 Å². The summed E-state index contributed by atoms with van der Waals surface area (Å²) >= 11 is 13.0. The van der Waals surface area contributed by atoms with E-state index in [1.54, 1.807) is 0 Å². The van der Waals surface area contributed by atoms with Crippen molar-refractivity contribution in [3.63, 3.8) is 0 Å². The fourth-order valence-electron chi connectivity index (χ4n) is 3.52. The van der Waals surface area contributed by atoms with E-state index in [1.165, 1.54) is 0 Å². The largest absolute Gasteiger partial charge is 0.298 e. The van der Waals surface area contributed by atoms with Gasteiger partial charge in [0.2, 0.25) is 0 Å². The molecule has 0 fully saturated rings. The Kier molecular flexibility index (Phi) is 6.73. The molecule has 0 spiro atoms. The molecule has 0 bridgehead atoms. The van der Waals surface area contributed by atoms with Crippen molar-refractivity contribution in [1.82, 2.24) is 0 Å². The Morgan fingerprint density at radius 1 is 0.714 bits per heavy atom. The SMILES string of the molecule is CC(C(=O)C(C)c1ccc(C(C)(C)C)c(Cl)c1)c1ccc(C(C)(C)C)c(Cl)c1. The minimum atomic E-state index is -0.234. The zero-order chi connectivity index (χ0) is 21.4. The first-order chi connectivity index (χ1) is 12.7. The van der Waals surface area contributed by atoms with Gasteiger partial charge in [-0.05, 0) is 45.2 Å². The van der Waals surface area contributed by atoms with Crippen molar-refractivity contribution in [2.75, 3.05) is 0 Å². The number of carbonyl (C=O) groups excluding carboxylic acids is 1. The molecule has 1 nitrogen and oxygen atoms in total. The van der Waals surface area contributed by atoms with Gasteiger partial charge in [0.05, 0.1) is 0 Å². The van der Waals surface area contributed by atoms with Crippen LogP contribution in [0, 0.1) is 0 Å². The lowest BCUT2D eigenvalue weighted by atomic mass is 9.81. The van der Waals surface area contributed by atoms with Crippen LogP contribution in [-0.2, 0) is 15.6 Å². The Hall–Kier alpha value is -1.31. The van der Waals surface area contributed by atoms with Gasteiger partial charge in [0, 0.05) is 21.9 Å². The van der Waals surface area contributed by atoms with Crippen molar-refractivity contribution in [1.29, 1.82) is 0 Å². The first-order valence-electron chi connectivity index (χ1n) is 9.87. The maximum atomic E-state index is 13.1. The van der Waals surface area contributed by atoms with Gasteiger partial charge in [0.1, 0.15) is 5.78 Å². The molecule has 0 heterocycles. The molecule has 0 aliphatic carbocycles. The lowest BCUT2D eigenvalue weighted by molar-refractivity contribution is -0.121. The highest BCUT2D eigenvalue weighted by atomic mass is 35.5. The number of rotatable bonds is 4. The summed E-state index contributed by atoms with van der Waals surface area (Å²) in [6, 6.07) is 12.0. The molecule has 0 saturated heterocycles. The van der Waals surface area contributed by atoms with Crippen molar-refractivity contribution in [2.24, 2.45) is 0 Å². The fourth-order valence-corrected chi connectivity index (χ4v) is 4.47. The molecule has 0 amide bonds. The molecule has 0 aromatic heterocycles. The molecule has 0 radical (unpaired) electrons. The van der Waals surface area contributed by atoms with E-state index >= 15 is 0 Å². The number of ketones is 1. The number of benzene rings is 2. The van der Waals surface area contributed by atoms with Gasteiger partial charge in [-0.15, -0.1) is 0 Å². The van der Waals surface area contributed by atoms with Crippen molar-refractivity contribution >= 4 is 29.0 Å². The predicted molar refractivity (Wildman–Crippen MR) is 122 cm³/mol. The molecule has 2 rings (SSSR count). The second-order valence-electron chi connectivity index (χ2n) is 9.82. The molecule has 28 heavy (non-hydrogen) atoms. The standard InChI is InChI=1S/C25H32Cl2O/c1-15(17-9-11-19(21(26)13-17)24(3,4)5)23(28)16(2)18-10-12-20(22(27)14-18)25(6,7)8/h9-16H,1-8H3. The summed E-state index contributed by atoms with van der Waals surface area (Å²) in [6.45, 7) is 16.7. The molecule has 2 unspecified atom stereocenters. The minimum Gasteiger partial charge on any atom is -0.298 e. The van der Waals surface area contributed by atoms with E-state index in [4.69, 9.17) is 23.2 Å². The van der Waals surface area contributed by atoms with Crippen LogP contribution in [0.2, 0.25) is 10.0 Å². The van der Waals surface area contributed by atoms with E-state index in [-0.39, 0.29) is 28.4 Å². The summed E-state index contributed by atoms with van der Waals surface area (Å²) in [6.07, 6.45) is 0. The Morgan fingerprint density at radius 3 is 1.29 bits per heavy atom. The smallest absolute Gasteiger partial charge is 0.147 e. The summed E-state index contributed by atoms with van der Waals surface area (Å²) in [5, 5.41) is 1.43. The number of hydrogen-bond donors (Lipinski definition) is 0. The Labute approximate surface area is 180 Å². The predicted octanol–water partition coefficient (Wildman–Crippen LogP) is 8.06. The highest BCUT2D eigenvalue weighted by Crippen LogP contribution is 2.35. The molecular weight excluding hydrogens is 387 g/mol. The normalized spacial score (nSPS) is 14.6.